The monoisotopic (exact) mass is 484 g/mol. The molecule has 2 saturated carbocycles. The van der Waals surface area contributed by atoms with Crippen LogP contribution in [0, 0.1) is 5.92 Å². The molecule has 0 radical (unpaired) electrons. The predicted octanol–water partition coefficient (Wildman–Crippen LogP) is 7.28. The van der Waals surface area contributed by atoms with Crippen molar-refractivity contribution < 1.29 is 23.8 Å². The molecule has 0 saturated heterocycles. The van der Waals surface area contributed by atoms with Crippen molar-refractivity contribution in [2.45, 2.75) is 108 Å². The number of benzene rings is 1. The highest BCUT2D eigenvalue weighted by molar-refractivity contribution is 5.81. The van der Waals surface area contributed by atoms with Gasteiger partial charge < -0.3 is 14.2 Å². The molecule has 2 aliphatic carbocycles. The molecule has 0 heterocycles. The molecular weight excluding hydrogens is 440 g/mol. The van der Waals surface area contributed by atoms with Crippen molar-refractivity contribution in [3.8, 4) is 5.75 Å². The summed E-state index contributed by atoms with van der Waals surface area (Å²) >= 11 is 0. The van der Waals surface area contributed by atoms with Crippen LogP contribution < -0.4 is 4.74 Å². The van der Waals surface area contributed by atoms with Gasteiger partial charge in [0.25, 0.3) is 0 Å². The highest BCUT2D eigenvalue weighted by Crippen LogP contribution is 2.38. The summed E-state index contributed by atoms with van der Waals surface area (Å²) in [4.78, 5) is 23.2. The minimum atomic E-state index is -0.350. The molecule has 2 fully saturated rings. The van der Waals surface area contributed by atoms with E-state index in [0.717, 1.165) is 50.7 Å². The predicted molar refractivity (Wildman–Crippen MR) is 138 cm³/mol. The molecule has 0 unspecified atom stereocenters. The van der Waals surface area contributed by atoms with Crippen LogP contribution in [0.15, 0.2) is 36.9 Å². The number of esters is 2. The maximum Gasteiger partial charge on any atom is 0.330 e. The molecule has 5 nitrogen and oxygen atoms in total. The first-order chi connectivity index (χ1) is 17.1. The first-order valence-electron chi connectivity index (χ1n) is 13.9. The fourth-order valence-electron chi connectivity index (χ4n) is 5.35. The highest BCUT2D eigenvalue weighted by Gasteiger charge is 2.24. The van der Waals surface area contributed by atoms with Gasteiger partial charge in [-0.25, -0.2) is 4.79 Å². The number of carbonyl (C=O) groups excluding carboxylic acids is 2. The maximum absolute atomic E-state index is 12.2. The lowest BCUT2D eigenvalue weighted by Gasteiger charge is -2.29. The average Bonchev–Trinajstić information content (AvgIpc) is 2.90. The molecule has 0 aliphatic heterocycles. The van der Waals surface area contributed by atoms with E-state index >= 15 is 0 Å². The van der Waals surface area contributed by atoms with Gasteiger partial charge in [0.05, 0.1) is 13.2 Å². The lowest BCUT2D eigenvalue weighted by Crippen LogP contribution is -2.21. The molecule has 0 bridgehead atoms. The Balaban J connectivity index is 1.24. The standard InChI is InChI=1S/C30H44O5/c1-2-29(31)34-23-9-4-3-8-22-33-27-19-17-26(18-20-27)25-15-12-24(13-16-25)14-21-30(32)35-28-10-6-5-7-11-28/h2,17-20,24-25,28H,1,3-16,21-23H2. The van der Waals surface area contributed by atoms with Crippen molar-refractivity contribution in [2.75, 3.05) is 13.2 Å². The third kappa shape index (κ3) is 10.5. The first kappa shape index (κ1) is 27.3. The Morgan fingerprint density at radius 1 is 0.857 bits per heavy atom. The minimum Gasteiger partial charge on any atom is -0.494 e. The van der Waals surface area contributed by atoms with Gasteiger partial charge >= 0.3 is 11.9 Å². The second-order valence-electron chi connectivity index (χ2n) is 10.2. The Morgan fingerprint density at radius 2 is 1.54 bits per heavy atom. The molecule has 2 aliphatic rings. The summed E-state index contributed by atoms with van der Waals surface area (Å²) in [6.07, 6.45) is 17.5. The molecule has 194 valence electrons. The van der Waals surface area contributed by atoms with Crippen molar-refractivity contribution in [3.63, 3.8) is 0 Å². The van der Waals surface area contributed by atoms with Crippen molar-refractivity contribution in [1.82, 2.24) is 0 Å². The molecule has 0 N–H and O–H groups in total. The number of ether oxygens (including phenoxy) is 3. The van der Waals surface area contributed by atoms with Crippen molar-refractivity contribution in [3.05, 3.63) is 42.5 Å². The van der Waals surface area contributed by atoms with Crippen LogP contribution in [0.4, 0.5) is 0 Å². The number of hydrogen-bond donors (Lipinski definition) is 0. The molecule has 0 atom stereocenters. The van der Waals surface area contributed by atoms with E-state index in [1.807, 2.05) is 0 Å². The Labute approximate surface area is 211 Å². The minimum absolute atomic E-state index is 0.0173. The molecule has 0 aromatic heterocycles. The molecule has 5 heteroatoms. The zero-order valence-corrected chi connectivity index (χ0v) is 21.4. The van der Waals surface area contributed by atoms with Crippen LogP contribution in [0.1, 0.15) is 108 Å². The van der Waals surface area contributed by atoms with Gasteiger partial charge in [0.1, 0.15) is 11.9 Å². The summed E-state index contributed by atoms with van der Waals surface area (Å²) in [6.45, 7) is 4.55. The van der Waals surface area contributed by atoms with E-state index < -0.39 is 0 Å². The van der Waals surface area contributed by atoms with Crippen molar-refractivity contribution in [1.29, 1.82) is 0 Å². The summed E-state index contributed by atoms with van der Waals surface area (Å²) in [5.41, 5.74) is 1.40. The zero-order valence-electron chi connectivity index (χ0n) is 21.4. The quantitative estimate of drug-likeness (QED) is 0.158. The lowest BCUT2D eigenvalue weighted by atomic mass is 9.77. The van der Waals surface area contributed by atoms with Crippen LogP contribution in [-0.2, 0) is 19.1 Å². The Morgan fingerprint density at radius 3 is 2.23 bits per heavy atom. The lowest BCUT2D eigenvalue weighted by molar-refractivity contribution is -0.151. The molecule has 0 spiro atoms. The van der Waals surface area contributed by atoms with Gasteiger partial charge in [-0.3, -0.25) is 4.79 Å². The summed E-state index contributed by atoms with van der Waals surface area (Å²) in [5.74, 6) is 1.87. The average molecular weight is 485 g/mol. The van der Waals surface area contributed by atoms with Crippen LogP contribution in [0.5, 0.6) is 5.75 Å². The second-order valence-corrected chi connectivity index (χ2v) is 10.2. The maximum atomic E-state index is 12.2. The van der Waals surface area contributed by atoms with Gasteiger partial charge in [-0.2, -0.15) is 0 Å². The van der Waals surface area contributed by atoms with Gasteiger partial charge in [-0.1, -0.05) is 25.1 Å². The zero-order chi connectivity index (χ0) is 24.7. The normalized spacial score (nSPS) is 20.7. The van der Waals surface area contributed by atoms with Crippen LogP contribution in [-0.4, -0.2) is 31.3 Å². The van der Waals surface area contributed by atoms with Gasteiger partial charge in [-0.15, -0.1) is 0 Å². The molecule has 1 aromatic carbocycles. The molecular formula is C30H44O5. The first-order valence-corrected chi connectivity index (χ1v) is 13.9. The summed E-state index contributed by atoms with van der Waals surface area (Å²) < 4.78 is 16.6. The number of unbranched alkanes of at least 4 members (excludes halogenated alkanes) is 3. The fraction of sp³-hybridized carbons (Fsp3) is 0.667. The fourth-order valence-corrected chi connectivity index (χ4v) is 5.35. The molecule has 1 aromatic rings. The van der Waals surface area contributed by atoms with E-state index in [4.69, 9.17) is 14.2 Å². The summed E-state index contributed by atoms with van der Waals surface area (Å²) in [7, 11) is 0. The summed E-state index contributed by atoms with van der Waals surface area (Å²) in [5, 5.41) is 0. The second kappa shape index (κ2) is 15.6. The number of carbonyl (C=O) groups is 2. The van der Waals surface area contributed by atoms with E-state index in [9.17, 15) is 9.59 Å². The third-order valence-electron chi connectivity index (χ3n) is 7.52. The Kier molecular flexibility index (Phi) is 12.2. The van der Waals surface area contributed by atoms with Gasteiger partial charge in [0, 0.05) is 12.5 Å². The number of rotatable bonds is 14. The van der Waals surface area contributed by atoms with Crippen LogP contribution >= 0.6 is 0 Å². The number of hydrogen-bond acceptors (Lipinski definition) is 5. The van der Waals surface area contributed by atoms with Gasteiger partial charge in [-0.05, 0) is 113 Å². The van der Waals surface area contributed by atoms with Gasteiger partial charge in [0.15, 0.2) is 0 Å². The smallest absolute Gasteiger partial charge is 0.330 e. The summed E-state index contributed by atoms with van der Waals surface area (Å²) in [6, 6.07) is 8.63. The molecule has 0 amide bonds. The Bertz CT molecular complexity index is 757. The Hall–Kier alpha value is -2.30. The largest absolute Gasteiger partial charge is 0.494 e. The molecule has 3 rings (SSSR count). The van der Waals surface area contributed by atoms with Crippen molar-refractivity contribution in [2.24, 2.45) is 5.92 Å². The van der Waals surface area contributed by atoms with Gasteiger partial charge in [0.2, 0.25) is 0 Å². The van der Waals surface area contributed by atoms with E-state index in [1.165, 1.54) is 56.6 Å². The van der Waals surface area contributed by atoms with Crippen LogP contribution in [0.2, 0.25) is 0 Å². The molecule has 35 heavy (non-hydrogen) atoms. The van der Waals surface area contributed by atoms with E-state index in [1.54, 1.807) is 0 Å². The highest BCUT2D eigenvalue weighted by atomic mass is 16.5. The van der Waals surface area contributed by atoms with E-state index in [0.29, 0.717) is 31.5 Å². The SMILES string of the molecule is C=CC(=O)OCCCCCCOc1ccc(C2CCC(CCC(=O)OC3CCCCC3)CC2)cc1. The van der Waals surface area contributed by atoms with Crippen LogP contribution in [0.25, 0.3) is 0 Å². The third-order valence-corrected chi connectivity index (χ3v) is 7.52. The topological polar surface area (TPSA) is 61.8 Å². The van der Waals surface area contributed by atoms with E-state index in [-0.39, 0.29) is 18.0 Å². The van der Waals surface area contributed by atoms with Crippen LogP contribution in [0.3, 0.4) is 0 Å². The van der Waals surface area contributed by atoms with E-state index in [2.05, 4.69) is 30.8 Å². The van der Waals surface area contributed by atoms with Crippen molar-refractivity contribution >= 4 is 11.9 Å².